The molecular weight excluding hydrogens is 1020 g/mol. The van der Waals surface area contributed by atoms with Gasteiger partial charge in [0.2, 0.25) is 0 Å². The Kier molecular flexibility index (Phi) is 16.8. The summed E-state index contributed by atoms with van der Waals surface area (Å²) >= 11 is 0. The zero-order valence-corrected chi connectivity index (χ0v) is 31.1. The second-order valence-corrected chi connectivity index (χ2v) is 17.8. The first kappa shape index (κ1) is 42.4. The Morgan fingerprint density at radius 2 is 0.891 bits per heavy atom. The molecule has 254 valence electrons. The number of hydrogen-bond donors (Lipinski definition) is 0. The molecular formula is C34H30Au2ClF3O4P2-4. The maximum absolute atomic E-state index is 11.9. The van der Waals surface area contributed by atoms with E-state index in [1.807, 2.05) is 36.4 Å². The molecule has 0 bridgehead atoms. The monoisotopic (exact) mass is 1050 g/mol. The Labute approximate surface area is 303 Å². The Balaban J connectivity index is 0.000000360. The van der Waals surface area contributed by atoms with E-state index >= 15 is 0 Å². The minimum Gasteiger partial charge on any atom is -0.199 e. The van der Waals surface area contributed by atoms with Gasteiger partial charge in [-0.2, -0.15) is 20.6 Å². The molecule has 0 saturated heterocycles. The van der Waals surface area contributed by atoms with E-state index in [2.05, 4.69) is 50.9 Å². The Morgan fingerprint density at radius 3 is 1.17 bits per heavy atom. The average Bonchev–Trinajstić information content (AvgIpc) is 2.98. The van der Waals surface area contributed by atoms with Gasteiger partial charge in [0.25, 0.3) is 0 Å². The van der Waals surface area contributed by atoms with Crippen LogP contribution in [0, 0.1) is 60.4 Å². The SMILES string of the molecule is Fc1[c-]c(F)cc(F)c1.[Au].[Au].[CH2-]P([CH2-])(O[Cl+3]([O-])([O-])[O-])(c1ccccc1)c1ccccc1.[CH2-][P+]([CH2-])(c1ccccc1)c1ccccc1. The molecule has 0 spiro atoms. The van der Waals surface area contributed by atoms with Crippen LogP contribution in [-0.4, -0.2) is 0 Å². The predicted molar refractivity (Wildman–Crippen MR) is 166 cm³/mol. The molecule has 0 atom stereocenters. The molecule has 0 heterocycles. The summed E-state index contributed by atoms with van der Waals surface area (Å²) < 4.78 is 74.0. The van der Waals surface area contributed by atoms with E-state index in [1.54, 1.807) is 66.7 Å². The Bertz CT molecular complexity index is 1480. The van der Waals surface area contributed by atoms with Crippen molar-refractivity contribution in [2.24, 2.45) is 0 Å². The van der Waals surface area contributed by atoms with Crippen LogP contribution in [0.25, 0.3) is 0 Å². The van der Waals surface area contributed by atoms with Gasteiger partial charge in [-0.05, 0) is 24.3 Å². The minimum atomic E-state index is -4.66. The van der Waals surface area contributed by atoms with Gasteiger partial charge in [-0.1, -0.05) is 36.4 Å². The smallest absolute Gasteiger partial charge is 0.0408 e. The summed E-state index contributed by atoms with van der Waals surface area (Å²) in [6.45, 7) is 12.5. The topological polar surface area (TPSA) is 78.4 Å². The van der Waals surface area contributed by atoms with Gasteiger partial charge in [0.05, 0.1) is 0 Å². The maximum atomic E-state index is 11.9. The summed E-state index contributed by atoms with van der Waals surface area (Å²) in [4.78, 5) is 0. The fourth-order valence-corrected chi connectivity index (χ4v) is 10.1. The predicted octanol–water partition coefficient (Wildman–Crippen LogP) is 4.74. The summed E-state index contributed by atoms with van der Waals surface area (Å²) in [5, 5.41) is 3.46. The van der Waals surface area contributed by atoms with Crippen molar-refractivity contribution >= 4 is 35.3 Å². The molecule has 0 N–H and O–H groups in total. The molecule has 46 heavy (non-hydrogen) atoms. The zero-order valence-electron chi connectivity index (χ0n) is 24.2. The molecule has 0 saturated carbocycles. The van der Waals surface area contributed by atoms with E-state index in [0.29, 0.717) is 22.7 Å². The van der Waals surface area contributed by atoms with Crippen molar-refractivity contribution in [1.29, 1.82) is 0 Å². The van der Waals surface area contributed by atoms with Gasteiger partial charge in [-0.25, -0.2) is 13.2 Å². The van der Waals surface area contributed by atoms with Crippen LogP contribution in [0.5, 0.6) is 0 Å². The van der Waals surface area contributed by atoms with Crippen molar-refractivity contribution in [3.63, 3.8) is 0 Å². The molecule has 0 aliphatic heterocycles. The molecule has 0 aliphatic carbocycles. The number of halogens is 4. The Morgan fingerprint density at radius 1 is 0.587 bits per heavy atom. The molecule has 5 aromatic carbocycles. The maximum Gasteiger partial charge on any atom is 0.0408 e. The van der Waals surface area contributed by atoms with Gasteiger partial charge in [0.15, 0.2) is 0 Å². The van der Waals surface area contributed by atoms with Crippen LogP contribution in [0.4, 0.5) is 13.2 Å². The molecule has 0 aliphatic rings. The van der Waals surface area contributed by atoms with Crippen molar-refractivity contribution in [3.8, 4) is 0 Å². The van der Waals surface area contributed by atoms with Gasteiger partial charge in [0.1, 0.15) is 0 Å². The third-order valence-electron chi connectivity index (χ3n) is 6.23. The van der Waals surface area contributed by atoms with E-state index in [1.165, 1.54) is 10.6 Å². The number of benzene rings is 5. The first-order chi connectivity index (χ1) is 20.6. The Hall–Kier alpha value is -1.64. The van der Waals surface area contributed by atoms with Crippen molar-refractivity contribution in [2.75, 3.05) is 0 Å². The number of hydrogen-bond acceptors (Lipinski definition) is 4. The standard InChI is InChI=1S/C14H14ClO4P.C14H14P.C6H2F3.2Au/c1-20(2,19-15(16,17)18,13-9-5-3-6-10-13)14-11-7-4-8-12-14;1-15(2,13-9-5-3-6-10-13)14-11-7-4-8-12-14;7-4-1-5(8)3-6(9)2-4;;/h3-12H,1-2H2;3-12H,1-2H2;1-2H;;/q-2;2*-1;;. The minimum absolute atomic E-state index is 0. The molecule has 2 radical (unpaired) electrons. The van der Waals surface area contributed by atoms with E-state index in [4.69, 9.17) is 4.08 Å². The quantitative estimate of drug-likeness (QED) is 0.140. The second-order valence-electron chi connectivity index (χ2n) is 9.66. The molecule has 12 heteroatoms. The van der Waals surface area contributed by atoms with Crippen LogP contribution < -0.4 is 35.2 Å². The van der Waals surface area contributed by atoms with Gasteiger partial charge >= 0.3 is 120 Å². The summed E-state index contributed by atoms with van der Waals surface area (Å²) in [5.41, 5.74) is 0. The molecule has 0 unspecified atom stereocenters. The number of rotatable bonds is 6. The van der Waals surface area contributed by atoms with Crippen molar-refractivity contribution in [2.45, 2.75) is 0 Å². The van der Waals surface area contributed by atoms with Gasteiger partial charge < -0.3 is 0 Å². The summed E-state index contributed by atoms with van der Waals surface area (Å²) in [6, 6.07) is 40.5. The molecule has 4 nitrogen and oxygen atoms in total. The fourth-order valence-electron chi connectivity index (χ4n) is 4.03. The third-order valence-corrected chi connectivity index (χ3v) is 13.8. The summed E-state index contributed by atoms with van der Waals surface area (Å²) in [7, 11) is -6.30. The zero-order chi connectivity index (χ0) is 32.5. The van der Waals surface area contributed by atoms with E-state index < -0.39 is 41.8 Å². The van der Waals surface area contributed by atoms with Crippen LogP contribution in [0.2, 0.25) is 0 Å². The van der Waals surface area contributed by atoms with Crippen molar-refractivity contribution < 1.29 is 86.2 Å². The first-order valence-corrected chi connectivity index (χ1v) is 18.7. The van der Waals surface area contributed by atoms with E-state index in [-0.39, 0.29) is 44.8 Å². The molecule has 5 aromatic rings. The first-order valence-electron chi connectivity index (χ1n) is 12.8. The third kappa shape index (κ3) is 12.1. The van der Waals surface area contributed by atoms with Crippen molar-refractivity contribution in [1.82, 2.24) is 0 Å². The van der Waals surface area contributed by atoms with Gasteiger partial charge in [0, 0.05) is 72.8 Å². The van der Waals surface area contributed by atoms with Crippen LogP contribution in [0.1, 0.15) is 0 Å². The normalized spacial score (nSPS) is 11.9. The van der Waals surface area contributed by atoms with E-state index in [0.717, 1.165) is 0 Å². The molecule has 0 aromatic heterocycles. The van der Waals surface area contributed by atoms with Crippen LogP contribution in [0.15, 0.2) is 133 Å². The second kappa shape index (κ2) is 18.2. The summed E-state index contributed by atoms with van der Waals surface area (Å²) in [6.07, 6.45) is 0. The van der Waals surface area contributed by atoms with Crippen LogP contribution >= 0.6 is 14.1 Å². The molecule has 0 amide bonds. The van der Waals surface area contributed by atoms with Crippen LogP contribution in [-0.2, 0) is 48.8 Å². The fraction of sp³-hybridized carbons (Fsp3) is 0. The average molecular weight is 1050 g/mol. The molecule has 0 fully saturated rings. The van der Waals surface area contributed by atoms with Crippen LogP contribution in [0.3, 0.4) is 0 Å². The van der Waals surface area contributed by atoms with E-state index in [9.17, 15) is 27.1 Å². The van der Waals surface area contributed by atoms with Gasteiger partial charge in [-0.3, -0.25) is 0 Å². The molecule has 5 rings (SSSR count). The van der Waals surface area contributed by atoms with Gasteiger partial charge in [-0.15, -0.1) is 18.2 Å². The largest absolute Gasteiger partial charge is 0.199 e. The van der Waals surface area contributed by atoms with Crippen molar-refractivity contribution in [3.05, 3.63) is 184 Å². The summed E-state index contributed by atoms with van der Waals surface area (Å²) in [5.74, 6) is -2.97.